The van der Waals surface area contributed by atoms with Crippen molar-refractivity contribution in [2.45, 2.75) is 13.8 Å². The van der Waals surface area contributed by atoms with E-state index in [4.69, 9.17) is 9.47 Å². The number of amides is 1. The number of hydrogen-bond donors (Lipinski definition) is 2. The van der Waals surface area contributed by atoms with E-state index in [0.29, 0.717) is 16.9 Å². The molecule has 2 N–H and O–H groups in total. The fourth-order valence-corrected chi connectivity index (χ4v) is 2.82. The highest BCUT2D eigenvalue weighted by molar-refractivity contribution is 6.10. The molecule has 1 heterocycles. The Morgan fingerprint density at radius 1 is 1.15 bits per heavy atom. The number of benzene rings is 2. The molecule has 1 amide bonds. The maximum Gasteiger partial charge on any atom is 0.340 e. The molecule has 0 spiro atoms. The first kappa shape index (κ1) is 17.5. The summed E-state index contributed by atoms with van der Waals surface area (Å²) in [5, 5.41) is 3.70. The molecule has 0 atom stereocenters. The third-order valence-corrected chi connectivity index (χ3v) is 4.16. The van der Waals surface area contributed by atoms with Crippen LogP contribution in [0.3, 0.4) is 0 Å². The number of methoxy groups -OCH3 is 1. The monoisotopic (exact) mass is 352 g/mol. The highest BCUT2D eigenvalue weighted by Crippen LogP contribution is 2.27. The first-order chi connectivity index (χ1) is 12.5. The number of para-hydroxylation sites is 1. The smallest absolute Gasteiger partial charge is 0.340 e. The second kappa shape index (κ2) is 7.31. The second-order valence-corrected chi connectivity index (χ2v) is 5.76. The van der Waals surface area contributed by atoms with Crippen molar-refractivity contribution in [2.24, 2.45) is 0 Å². The predicted molar refractivity (Wildman–Crippen MR) is 99.9 cm³/mol. The number of hydrogen-bond acceptors (Lipinski definition) is 4. The van der Waals surface area contributed by atoms with Gasteiger partial charge in [-0.25, -0.2) is 4.79 Å². The molecule has 0 aliphatic heterocycles. The van der Waals surface area contributed by atoms with Crippen LogP contribution in [-0.4, -0.2) is 30.6 Å². The maximum atomic E-state index is 12.8. The van der Waals surface area contributed by atoms with Crippen molar-refractivity contribution in [3.05, 3.63) is 59.3 Å². The normalized spacial score (nSPS) is 10.6. The average Bonchev–Trinajstić information content (AvgIpc) is 2.98. The molecule has 1 aromatic heterocycles. The fourth-order valence-electron chi connectivity index (χ4n) is 2.82. The van der Waals surface area contributed by atoms with E-state index in [0.717, 1.165) is 22.2 Å². The number of rotatable bonds is 5. The zero-order valence-corrected chi connectivity index (χ0v) is 14.9. The van der Waals surface area contributed by atoms with Gasteiger partial charge >= 0.3 is 5.97 Å². The Balaban J connectivity index is 1.93. The Bertz CT molecular complexity index is 975. The van der Waals surface area contributed by atoms with Crippen molar-refractivity contribution in [3.63, 3.8) is 0 Å². The van der Waals surface area contributed by atoms with Gasteiger partial charge < -0.3 is 19.8 Å². The van der Waals surface area contributed by atoms with Gasteiger partial charge in [0.1, 0.15) is 11.4 Å². The minimum Gasteiger partial charge on any atom is -0.497 e. The Kier molecular flexibility index (Phi) is 4.93. The number of aromatic amines is 1. The molecule has 6 heteroatoms. The average molecular weight is 352 g/mol. The van der Waals surface area contributed by atoms with Crippen LogP contribution in [0.5, 0.6) is 5.75 Å². The van der Waals surface area contributed by atoms with Gasteiger partial charge in [0.2, 0.25) is 0 Å². The fraction of sp³-hybridized carbons (Fsp3) is 0.200. The van der Waals surface area contributed by atoms with Crippen LogP contribution in [0, 0.1) is 6.92 Å². The van der Waals surface area contributed by atoms with E-state index in [1.54, 1.807) is 38.3 Å². The summed E-state index contributed by atoms with van der Waals surface area (Å²) in [6.45, 7) is 3.87. The van der Waals surface area contributed by atoms with Gasteiger partial charge in [-0.05, 0) is 49.7 Å². The molecule has 3 rings (SSSR count). The molecular weight excluding hydrogens is 332 g/mol. The van der Waals surface area contributed by atoms with E-state index < -0.39 is 5.97 Å². The first-order valence-electron chi connectivity index (χ1n) is 8.29. The van der Waals surface area contributed by atoms with Crippen LogP contribution in [0.25, 0.3) is 10.9 Å². The number of H-pyrrole nitrogens is 1. The number of esters is 1. The summed E-state index contributed by atoms with van der Waals surface area (Å²) in [6.07, 6.45) is 0. The molecule has 134 valence electrons. The standard InChI is InChI=1S/C20H20N2O4/c1-4-26-20(24)14-7-5-6-8-16(14)22-19(23)18-12(2)15-11-13(25-3)9-10-17(15)21-18/h5-11,21H,4H2,1-3H3,(H,22,23). The quantitative estimate of drug-likeness (QED) is 0.682. The maximum absolute atomic E-state index is 12.8. The number of carbonyl (C=O) groups excluding carboxylic acids is 2. The van der Waals surface area contributed by atoms with Gasteiger partial charge in [0.25, 0.3) is 5.91 Å². The summed E-state index contributed by atoms with van der Waals surface area (Å²) in [5.41, 5.74) is 2.81. The SMILES string of the molecule is CCOC(=O)c1ccccc1NC(=O)c1[nH]c2ccc(OC)cc2c1C. The number of fused-ring (bicyclic) bond motifs is 1. The number of aromatic nitrogens is 1. The Labute approximate surface area is 151 Å². The summed E-state index contributed by atoms with van der Waals surface area (Å²) >= 11 is 0. The molecule has 0 fully saturated rings. The van der Waals surface area contributed by atoms with Crippen LogP contribution >= 0.6 is 0 Å². The lowest BCUT2D eigenvalue weighted by molar-refractivity contribution is 0.0527. The van der Waals surface area contributed by atoms with E-state index in [9.17, 15) is 9.59 Å². The van der Waals surface area contributed by atoms with Crippen LogP contribution in [0.2, 0.25) is 0 Å². The summed E-state index contributed by atoms with van der Waals surface area (Å²) in [5.74, 6) is -0.0739. The lowest BCUT2D eigenvalue weighted by Gasteiger charge is -2.10. The van der Waals surface area contributed by atoms with E-state index in [-0.39, 0.29) is 12.5 Å². The Hall–Kier alpha value is -3.28. The van der Waals surface area contributed by atoms with E-state index in [2.05, 4.69) is 10.3 Å². The molecule has 0 aliphatic carbocycles. The molecule has 0 radical (unpaired) electrons. The third-order valence-electron chi connectivity index (χ3n) is 4.16. The molecule has 0 unspecified atom stereocenters. The highest BCUT2D eigenvalue weighted by Gasteiger charge is 2.18. The molecule has 2 aromatic carbocycles. The van der Waals surface area contributed by atoms with Crippen LogP contribution < -0.4 is 10.1 Å². The lowest BCUT2D eigenvalue weighted by Crippen LogP contribution is -2.17. The van der Waals surface area contributed by atoms with E-state index >= 15 is 0 Å². The van der Waals surface area contributed by atoms with Crippen LogP contribution in [0.15, 0.2) is 42.5 Å². The van der Waals surface area contributed by atoms with Crippen molar-refractivity contribution < 1.29 is 19.1 Å². The molecule has 0 aliphatic rings. The topological polar surface area (TPSA) is 80.4 Å². The Morgan fingerprint density at radius 2 is 1.92 bits per heavy atom. The van der Waals surface area contributed by atoms with E-state index in [1.165, 1.54) is 0 Å². The molecule has 0 bridgehead atoms. The largest absolute Gasteiger partial charge is 0.497 e. The molecular formula is C20H20N2O4. The minimum atomic E-state index is -0.471. The van der Waals surface area contributed by atoms with Crippen LogP contribution in [-0.2, 0) is 4.74 Å². The summed E-state index contributed by atoms with van der Waals surface area (Å²) < 4.78 is 10.3. The van der Waals surface area contributed by atoms with Crippen molar-refractivity contribution in [3.8, 4) is 5.75 Å². The van der Waals surface area contributed by atoms with Gasteiger partial charge in [-0.2, -0.15) is 0 Å². The third kappa shape index (κ3) is 3.26. The molecule has 6 nitrogen and oxygen atoms in total. The van der Waals surface area contributed by atoms with Gasteiger partial charge in [-0.1, -0.05) is 12.1 Å². The number of nitrogens with one attached hydrogen (secondary N) is 2. The number of carbonyl (C=O) groups is 2. The number of aryl methyl sites for hydroxylation is 1. The zero-order valence-electron chi connectivity index (χ0n) is 14.9. The number of anilines is 1. The zero-order chi connectivity index (χ0) is 18.7. The number of ether oxygens (including phenoxy) is 2. The highest BCUT2D eigenvalue weighted by atomic mass is 16.5. The van der Waals surface area contributed by atoms with Crippen molar-refractivity contribution >= 4 is 28.5 Å². The summed E-state index contributed by atoms with van der Waals surface area (Å²) in [4.78, 5) is 28.0. The second-order valence-electron chi connectivity index (χ2n) is 5.76. The van der Waals surface area contributed by atoms with Crippen molar-refractivity contribution in [2.75, 3.05) is 19.0 Å². The summed E-state index contributed by atoms with van der Waals surface area (Å²) in [7, 11) is 1.60. The Morgan fingerprint density at radius 3 is 2.65 bits per heavy atom. The van der Waals surface area contributed by atoms with Crippen LogP contribution in [0.1, 0.15) is 33.3 Å². The van der Waals surface area contributed by atoms with Crippen molar-refractivity contribution in [1.82, 2.24) is 4.98 Å². The van der Waals surface area contributed by atoms with Gasteiger partial charge in [0.15, 0.2) is 0 Å². The van der Waals surface area contributed by atoms with Gasteiger partial charge in [-0.3, -0.25) is 4.79 Å². The minimum absolute atomic E-state index is 0.268. The van der Waals surface area contributed by atoms with E-state index in [1.807, 2.05) is 25.1 Å². The van der Waals surface area contributed by atoms with Gasteiger partial charge in [-0.15, -0.1) is 0 Å². The molecule has 0 saturated carbocycles. The molecule has 26 heavy (non-hydrogen) atoms. The predicted octanol–water partition coefficient (Wildman–Crippen LogP) is 3.91. The lowest BCUT2D eigenvalue weighted by atomic mass is 10.1. The van der Waals surface area contributed by atoms with Crippen molar-refractivity contribution in [1.29, 1.82) is 0 Å². The first-order valence-corrected chi connectivity index (χ1v) is 8.29. The van der Waals surface area contributed by atoms with Crippen LogP contribution in [0.4, 0.5) is 5.69 Å². The summed E-state index contributed by atoms with van der Waals surface area (Å²) in [6, 6.07) is 12.3. The van der Waals surface area contributed by atoms with Gasteiger partial charge in [0.05, 0.1) is 25.0 Å². The molecule has 3 aromatic rings. The van der Waals surface area contributed by atoms with Gasteiger partial charge in [0, 0.05) is 10.9 Å². The molecule has 0 saturated heterocycles.